The lowest BCUT2D eigenvalue weighted by Gasteiger charge is -2.41. The van der Waals surface area contributed by atoms with E-state index in [0.717, 1.165) is 35.3 Å². The molecule has 0 spiro atoms. The molecule has 0 amide bonds. The van der Waals surface area contributed by atoms with Crippen molar-refractivity contribution in [3.05, 3.63) is 89.6 Å². The van der Waals surface area contributed by atoms with Gasteiger partial charge in [-0.15, -0.1) is 0 Å². The standard InChI is InChI=1S/C27H31N3O3/c1-3-22-17-21-12-13-23(33-16-15-29(2)25-11-7-8-14-28-25)18-24(21)26(27(31)32)30(22)19-20-9-5-4-6-10-20/h4-14,18,22,26H,3,15-17,19H2,1-2H3,(H,31,32)/t22-,26?/m0/s1. The zero-order chi connectivity index (χ0) is 23.2. The number of carbonyl (C=O) groups is 1. The van der Waals surface area contributed by atoms with Gasteiger partial charge in [-0.2, -0.15) is 0 Å². The summed E-state index contributed by atoms with van der Waals surface area (Å²) >= 11 is 0. The number of aromatic nitrogens is 1. The molecule has 0 saturated carbocycles. The van der Waals surface area contributed by atoms with E-state index >= 15 is 0 Å². The largest absolute Gasteiger partial charge is 0.492 e. The Hall–Kier alpha value is -3.38. The van der Waals surface area contributed by atoms with E-state index in [0.29, 0.717) is 25.4 Å². The number of hydrogen-bond acceptors (Lipinski definition) is 5. The maximum Gasteiger partial charge on any atom is 0.325 e. The van der Waals surface area contributed by atoms with Gasteiger partial charge in [-0.05, 0) is 53.8 Å². The molecule has 3 aromatic rings. The van der Waals surface area contributed by atoms with E-state index in [-0.39, 0.29) is 6.04 Å². The third-order valence-electron chi connectivity index (χ3n) is 6.32. The van der Waals surface area contributed by atoms with Gasteiger partial charge in [-0.3, -0.25) is 9.69 Å². The zero-order valence-electron chi connectivity index (χ0n) is 19.2. The van der Waals surface area contributed by atoms with Crippen molar-refractivity contribution < 1.29 is 14.6 Å². The van der Waals surface area contributed by atoms with Crippen LogP contribution in [-0.4, -0.2) is 47.2 Å². The summed E-state index contributed by atoms with van der Waals surface area (Å²) in [4.78, 5) is 21.0. The minimum atomic E-state index is -0.822. The van der Waals surface area contributed by atoms with Gasteiger partial charge < -0.3 is 14.7 Å². The van der Waals surface area contributed by atoms with Gasteiger partial charge in [-0.25, -0.2) is 4.98 Å². The lowest BCUT2D eigenvalue weighted by atomic mass is 9.86. The number of carboxylic acid groups (broad SMARTS) is 1. The summed E-state index contributed by atoms with van der Waals surface area (Å²) in [5, 5.41) is 10.2. The Morgan fingerprint density at radius 2 is 1.94 bits per heavy atom. The van der Waals surface area contributed by atoms with E-state index in [4.69, 9.17) is 4.74 Å². The lowest BCUT2D eigenvalue weighted by Crippen LogP contribution is -2.46. The third-order valence-corrected chi connectivity index (χ3v) is 6.32. The summed E-state index contributed by atoms with van der Waals surface area (Å²) in [6.07, 6.45) is 3.51. The van der Waals surface area contributed by atoms with Gasteiger partial charge in [0.15, 0.2) is 0 Å². The van der Waals surface area contributed by atoms with Crippen molar-refractivity contribution in [2.75, 3.05) is 25.1 Å². The van der Waals surface area contributed by atoms with Crippen molar-refractivity contribution >= 4 is 11.8 Å². The van der Waals surface area contributed by atoms with Gasteiger partial charge in [0.25, 0.3) is 0 Å². The topological polar surface area (TPSA) is 65.9 Å². The molecule has 2 aromatic carbocycles. The van der Waals surface area contributed by atoms with E-state index in [1.807, 2.05) is 66.5 Å². The van der Waals surface area contributed by atoms with Gasteiger partial charge in [0, 0.05) is 25.8 Å². The maximum absolute atomic E-state index is 12.5. The van der Waals surface area contributed by atoms with E-state index in [9.17, 15) is 9.90 Å². The smallest absolute Gasteiger partial charge is 0.325 e. The van der Waals surface area contributed by atoms with Crippen LogP contribution in [0.25, 0.3) is 0 Å². The molecule has 1 aliphatic heterocycles. The van der Waals surface area contributed by atoms with Gasteiger partial charge >= 0.3 is 5.97 Å². The highest BCUT2D eigenvalue weighted by Crippen LogP contribution is 2.37. The van der Waals surface area contributed by atoms with Crippen LogP contribution in [0.1, 0.15) is 36.1 Å². The molecular formula is C27H31N3O3. The van der Waals surface area contributed by atoms with Crippen LogP contribution >= 0.6 is 0 Å². The number of ether oxygens (including phenoxy) is 1. The van der Waals surface area contributed by atoms with Crippen LogP contribution < -0.4 is 9.64 Å². The van der Waals surface area contributed by atoms with Crippen molar-refractivity contribution in [2.45, 2.75) is 38.4 Å². The molecule has 2 heterocycles. The van der Waals surface area contributed by atoms with Crippen LogP contribution in [0.4, 0.5) is 5.82 Å². The first-order valence-corrected chi connectivity index (χ1v) is 11.5. The van der Waals surface area contributed by atoms with E-state index in [1.54, 1.807) is 6.20 Å². The van der Waals surface area contributed by atoms with Crippen LogP contribution in [-0.2, 0) is 17.8 Å². The fraction of sp³-hybridized carbons (Fsp3) is 0.333. The molecule has 1 N–H and O–H groups in total. The molecule has 6 heteroatoms. The highest BCUT2D eigenvalue weighted by Gasteiger charge is 2.38. The van der Waals surface area contributed by atoms with Gasteiger partial charge in [0.2, 0.25) is 0 Å². The summed E-state index contributed by atoms with van der Waals surface area (Å²) in [6.45, 7) is 3.89. The molecule has 0 saturated heterocycles. The lowest BCUT2D eigenvalue weighted by molar-refractivity contribution is -0.145. The summed E-state index contributed by atoms with van der Waals surface area (Å²) in [5.74, 6) is 0.765. The summed E-state index contributed by atoms with van der Waals surface area (Å²) in [7, 11) is 1.98. The Balaban J connectivity index is 1.51. The van der Waals surface area contributed by atoms with Gasteiger partial charge in [0.1, 0.15) is 24.2 Å². The minimum absolute atomic E-state index is 0.178. The molecule has 0 fully saturated rings. The normalized spacial score (nSPS) is 17.9. The van der Waals surface area contributed by atoms with E-state index in [2.05, 4.69) is 28.9 Å². The van der Waals surface area contributed by atoms with E-state index in [1.165, 1.54) is 0 Å². The summed E-state index contributed by atoms with van der Waals surface area (Å²) < 4.78 is 6.02. The highest BCUT2D eigenvalue weighted by molar-refractivity contribution is 5.77. The first-order chi connectivity index (χ1) is 16.1. The van der Waals surface area contributed by atoms with Crippen molar-refractivity contribution in [1.29, 1.82) is 0 Å². The molecular weight excluding hydrogens is 414 g/mol. The number of likely N-dealkylation sites (N-methyl/N-ethyl adjacent to an activating group) is 1. The average molecular weight is 446 g/mol. The molecule has 0 aliphatic carbocycles. The number of aliphatic carboxylic acids is 1. The molecule has 1 unspecified atom stereocenters. The first kappa shape index (κ1) is 22.8. The van der Waals surface area contributed by atoms with Crippen LogP contribution in [0.15, 0.2) is 72.9 Å². The number of benzene rings is 2. The Morgan fingerprint density at radius 1 is 1.15 bits per heavy atom. The minimum Gasteiger partial charge on any atom is -0.492 e. The van der Waals surface area contributed by atoms with Crippen LogP contribution in [0.5, 0.6) is 5.75 Å². The molecule has 1 aliphatic rings. The number of hydrogen-bond donors (Lipinski definition) is 1. The highest BCUT2D eigenvalue weighted by atomic mass is 16.5. The molecule has 6 nitrogen and oxygen atoms in total. The molecule has 0 radical (unpaired) electrons. The summed E-state index contributed by atoms with van der Waals surface area (Å²) in [6, 6.07) is 21.3. The Morgan fingerprint density at radius 3 is 2.64 bits per heavy atom. The number of anilines is 1. The number of carboxylic acids is 1. The fourth-order valence-electron chi connectivity index (χ4n) is 4.53. The first-order valence-electron chi connectivity index (χ1n) is 11.5. The Labute approximate surface area is 195 Å². The molecule has 0 bridgehead atoms. The van der Waals surface area contributed by atoms with E-state index < -0.39 is 12.0 Å². The third kappa shape index (κ3) is 5.34. The van der Waals surface area contributed by atoms with Crippen molar-refractivity contribution in [1.82, 2.24) is 9.88 Å². The zero-order valence-corrected chi connectivity index (χ0v) is 19.2. The second-order valence-corrected chi connectivity index (χ2v) is 8.48. The quantitative estimate of drug-likeness (QED) is 0.521. The van der Waals surface area contributed by atoms with Crippen molar-refractivity contribution in [2.24, 2.45) is 0 Å². The number of pyridine rings is 1. The SMILES string of the molecule is CC[C@H]1Cc2ccc(OCCN(C)c3ccccn3)cc2C(C(=O)O)N1Cc1ccccc1. The molecule has 4 rings (SSSR count). The van der Waals surface area contributed by atoms with Gasteiger partial charge in [0.05, 0.1) is 6.54 Å². The second-order valence-electron chi connectivity index (χ2n) is 8.48. The maximum atomic E-state index is 12.5. The molecule has 1 aromatic heterocycles. The molecule has 33 heavy (non-hydrogen) atoms. The predicted octanol–water partition coefficient (Wildman–Crippen LogP) is 4.56. The van der Waals surface area contributed by atoms with Crippen LogP contribution in [0.2, 0.25) is 0 Å². The summed E-state index contributed by atoms with van der Waals surface area (Å²) in [5.41, 5.74) is 3.05. The predicted molar refractivity (Wildman–Crippen MR) is 130 cm³/mol. The Bertz CT molecular complexity index is 1060. The Kier molecular flexibility index (Phi) is 7.25. The van der Waals surface area contributed by atoms with Crippen LogP contribution in [0.3, 0.4) is 0 Å². The molecule has 172 valence electrons. The number of fused-ring (bicyclic) bond motifs is 1. The number of rotatable bonds is 9. The molecule has 2 atom stereocenters. The monoisotopic (exact) mass is 445 g/mol. The average Bonchev–Trinajstić information content (AvgIpc) is 2.84. The van der Waals surface area contributed by atoms with Crippen LogP contribution in [0, 0.1) is 0 Å². The number of nitrogens with zero attached hydrogens (tertiary/aromatic N) is 3. The van der Waals surface area contributed by atoms with Gasteiger partial charge in [-0.1, -0.05) is 49.4 Å². The second kappa shape index (κ2) is 10.5. The van der Waals surface area contributed by atoms with Crippen molar-refractivity contribution in [3.63, 3.8) is 0 Å². The van der Waals surface area contributed by atoms with Crippen molar-refractivity contribution in [3.8, 4) is 5.75 Å². The fourth-order valence-corrected chi connectivity index (χ4v) is 4.53.